The molecule has 0 bridgehead atoms. The van der Waals surface area contributed by atoms with E-state index in [9.17, 15) is 9.59 Å². The zero-order valence-corrected chi connectivity index (χ0v) is 25.5. The minimum Gasteiger partial charge on any atom is -0.356 e. The van der Waals surface area contributed by atoms with Gasteiger partial charge >= 0.3 is 0 Å². The fourth-order valence-electron chi connectivity index (χ4n) is 5.43. The van der Waals surface area contributed by atoms with Crippen molar-refractivity contribution in [2.24, 2.45) is 5.92 Å². The lowest BCUT2D eigenvalue weighted by Crippen LogP contribution is -2.29. The Morgan fingerprint density at radius 3 is 1.19 bits per heavy atom. The molecule has 1 N–H and O–H groups in total. The number of hydrogen-bond acceptors (Lipinski definition) is 2. The lowest BCUT2D eigenvalue weighted by atomic mass is 9.93. The highest BCUT2D eigenvalue weighted by molar-refractivity contribution is 5.77. The van der Waals surface area contributed by atoms with Crippen molar-refractivity contribution in [3.63, 3.8) is 0 Å². The Labute approximate surface area is 233 Å². The van der Waals surface area contributed by atoms with E-state index in [1.165, 1.54) is 167 Å². The number of aldehydes is 1. The van der Waals surface area contributed by atoms with Crippen molar-refractivity contribution in [3.8, 4) is 0 Å². The van der Waals surface area contributed by atoms with Crippen LogP contribution < -0.4 is 5.32 Å². The minimum absolute atomic E-state index is 0.0430. The van der Waals surface area contributed by atoms with Crippen molar-refractivity contribution in [2.75, 3.05) is 6.54 Å². The van der Waals surface area contributed by atoms with E-state index in [1.807, 2.05) is 0 Å². The van der Waals surface area contributed by atoms with Gasteiger partial charge in [-0.3, -0.25) is 4.79 Å². The van der Waals surface area contributed by atoms with Gasteiger partial charge in [0.05, 0.1) is 0 Å². The normalized spacial score (nSPS) is 11.3. The van der Waals surface area contributed by atoms with E-state index in [1.54, 1.807) is 0 Å². The molecule has 0 aromatic heterocycles. The topological polar surface area (TPSA) is 46.2 Å². The van der Waals surface area contributed by atoms with Gasteiger partial charge in [-0.15, -0.1) is 0 Å². The second kappa shape index (κ2) is 31.4. The van der Waals surface area contributed by atoms with Crippen LogP contribution in [0.4, 0.5) is 0 Å². The molecule has 0 saturated carbocycles. The fraction of sp³-hybridized carbons (Fsp3) is 0.941. The maximum absolute atomic E-state index is 12.0. The molecular formula is C34H67NO2. The van der Waals surface area contributed by atoms with Crippen molar-refractivity contribution in [1.82, 2.24) is 5.32 Å². The second-order valence-corrected chi connectivity index (χ2v) is 11.7. The van der Waals surface area contributed by atoms with E-state index in [0.29, 0.717) is 18.8 Å². The maximum atomic E-state index is 12.0. The Balaban J connectivity index is 3.86. The summed E-state index contributed by atoms with van der Waals surface area (Å²) in [5.41, 5.74) is 0. The van der Waals surface area contributed by atoms with Gasteiger partial charge in [0, 0.05) is 19.4 Å². The molecule has 0 aromatic carbocycles. The lowest BCUT2D eigenvalue weighted by Gasteiger charge is -2.18. The molecule has 1 amide bonds. The predicted octanol–water partition coefficient (Wildman–Crippen LogP) is 10.9. The van der Waals surface area contributed by atoms with E-state index in [4.69, 9.17) is 0 Å². The molecule has 0 rings (SSSR count). The third-order valence-corrected chi connectivity index (χ3v) is 8.01. The van der Waals surface area contributed by atoms with Crippen molar-refractivity contribution < 1.29 is 9.59 Å². The third-order valence-electron chi connectivity index (χ3n) is 8.01. The minimum atomic E-state index is 0.0430. The number of carbonyl (C=O) groups is 2. The molecule has 0 saturated heterocycles. The van der Waals surface area contributed by atoms with Crippen LogP contribution in [0.1, 0.15) is 194 Å². The third kappa shape index (κ3) is 29.5. The van der Waals surface area contributed by atoms with Gasteiger partial charge in [0.15, 0.2) is 0 Å². The van der Waals surface area contributed by atoms with E-state index in [-0.39, 0.29) is 5.91 Å². The average Bonchev–Trinajstić information content (AvgIpc) is 2.91. The van der Waals surface area contributed by atoms with Gasteiger partial charge in [-0.2, -0.15) is 0 Å². The van der Waals surface area contributed by atoms with Gasteiger partial charge in [-0.25, -0.2) is 0 Å². The molecule has 0 atom stereocenters. The van der Waals surface area contributed by atoms with Crippen LogP contribution in [0.15, 0.2) is 0 Å². The van der Waals surface area contributed by atoms with Crippen LogP contribution in [0, 0.1) is 5.92 Å². The molecule has 3 nitrogen and oxygen atoms in total. The monoisotopic (exact) mass is 522 g/mol. The van der Waals surface area contributed by atoms with Crippen molar-refractivity contribution in [1.29, 1.82) is 0 Å². The van der Waals surface area contributed by atoms with Crippen LogP contribution >= 0.6 is 0 Å². The van der Waals surface area contributed by atoms with Gasteiger partial charge in [-0.05, 0) is 18.8 Å². The van der Waals surface area contributed by atoms with Gasteiger partial charge in [0.1, 0.15) is 6.29 Å². The molecular weight excluding hydrogens is 454 g/mol. The number of rotatable bonds is 31. The first-order chi connectivity index (χ1) is 18.2. The summed E-state index contributed by atoms with van der Waals surface area (Å²) in [4.78, 5) is 22.5. The van der Waals surface area contributed by atoms with Gasteiger partial charge in [-0.1, -0.05) is 168 Å². The molecule has 0 spiro atoms. The van der Waals surface area contributed by atoms with Crippen LogP contribution in [0.3, 0.4) is 0 Å². The SMILES string of the molecule is CCCCCCCCCCCCCCC(CCCCCCCCCCCCCC)CNC(=O)CCC=O. The Morgan fingerprint density at radius 1 is 0.541 bits per heavy atom. The highest BCUT2D eigenvalue weighted by atomic mass is 16.1. The largest absolute Gasteiger partial charge is 0.356 e. The fourth-order valence-corrected chi connectivity index (χ4v) is 5.43. The van der Waals surface area contributed by atoms with Gasteiger partial charge in [0.2, 0.25) is 5.91 Å². The van der Waals surface area contributed by atoms with Crippen LogP contribution in [0.5, 0.6) is 0 Å². The summed E-state index contributed by atoms with van der Waals surface area (Å²) in [6.45, 7) is 5.37. The molecule has 0 radical (unpaired) electrons. The lowest BCUT2D eigenvalue weighted by molar-refractivity contribution is -0.122. The summed E-state index contributed by atoms with van der Waals surface area (Å²) in [7, 11) is 0. The summed E-state index contributed by atoms with van der Waals surface area (Å²) in [5, 5.41) is 3.11. The summed E-state index contributed by atoms with van der Waals surface area (Å²) in [6, 6.07) is 0. The highest BCUT2D eigenvalue weighted by Gasteiger charge is 2.11. The van der Waals surface area contributed by atoms with Crippen LogP contribution in [-0.4, -0.2) is 18.7 Å². The Hall–Kier alpha value is -0.860. The van der Waals surface area contributed by atoms with Crippen molar-refractivity contribution >= 4 is 12.2 Å². The second-order valence-electron chi connectivity index (χ2n) is 11.7. The van der Waals surface area contributed by atoms with Crippen molar-refractivity contribution in [3.05, 3.63) is 0 Å². The van der Waals surface area contributed by atoms with E-state index >= 15 is 0 Å². The van der Waals surface area contributed by atoms with Crippen LogP contribution in [0.2, 0.25) is 0 Å². The van der Waals surface area contributed by atoms with Gasteiger partial charge < -0.3 is 10.1 Å². The summed E-state index contributed by atoms with van der Waals surface area (Å²) in [5.74, 6) is 0.646. The van der Waals surface area contributed by atoms with Gasteiger partial charge in [0.25, 0.3) is 0 Å². The molecule has 0 unspecified atom stereocenters. The molecule has 0 aromatic rings. The maximum Gasteiger partial charge on any atom is 0.220 e. The Morgan fingerprint density at radius 2 is 0.865 bits per heavy atom. The van der Waals surface area contributed by atoms with E-state index < -0.39 is 0 Å². The Bertz CT molecular complexity index is 437. The first kappa shape index (κ1) is 36.1. The first-order valence-electron chi connectivity index (χ1n) is 16.9. The summed E-state index contributed by atoms with van der Waals surface area (Å²) < 4.78 is 0. The Kier molecular flexibility index (Phi) is 30.6. The molecule has 220 valence electrons. The van der Waals surface area contributed by atoms with Crippen LogP contribution in [-0.2, 0) is 9.59 Å². The van der Waals surface area contributed by atoms with Crippen molar-refractivity contribution in [2.45, 2.75) is 194 Å². The number of nitrogens with one attached hydrogen (secondary N) is 1. The average molecular weight is 522 g/mol. The molecule has 0 aliphatic heterocycles. The zero-order valence-electron chi connectivity index (χ0n) is 25.5. The molecule has 0 aliphatic carbocycles. The highest BCUT2D eigenvalue weighted by Crippen LogP contribution is 2.20. The predicted molar refractivity (Wildman–Crippen MR) is 163 cm³/mol. The summed E-state index contributed by atoms with van der Waals surface area (Å²) >= 11 is 0. The molecule has 0 heterocycles. The number of amides is 1. The van der Waals surface area contributed by atoms with E-state index in [2.05, 4.69) is 19.2 Å². The molecule has 37 heavy (non-hydrogen) atoms. The smallest absolute Gasteiger partial charge is 0.220 e. The molecule has 0 fully saturated rings. The zero-order chi connectivity index (χ0) is 27.1. The number of unbranched alkanes of at least 4 members (excludes halogenated alkanes) is 22. The summed E-state index contributed by atoms with van der Waals surface area (Å²) in [6.07, 6.45) is 37.3. The number of carbonyl (C=O) groups excluding carboxylic acids is 2. The first-order valence-corrected chi connectivity index (χ1v) is 16.9. The van der Waals surface area contributed by atoms with Crippen LogP contribution in [0.25, 0.3) is 0 Å². The number of hydrogen-bond donors (Lipinski definition) is 1. The molecule has 3 heteroatoms. The molecule has 0 aliphatic rings. The van der Waals surface area contributed by atoms with E-state index in [0.717, 1.165) is 12.8 Å². The quantitative estimate of drug-likeness (QED) is 0.0728. The standard InChI is InChI=1S/C34H67NO2/c1-3-5-7-9-11-13-15-17-19-21-23-25-28-33(32-35-34(37)30-27-31-36)29-26-24-22-20-18-16-14-12-10-8-6-4-2/h31,33H,3-30,32H2,1-2H3,(H,35,37).